The van der Waals surface area contributed by atoms with Gasteiger partial charge >= 0.3 is 0 Å². The summed E-state index contributed by atoms with van der Waals surface area (Å²) in [4.78, 5) is -0.0872. The van der Waals surface area contributed by atoms with E-state index in [0.717, 1.165) is 5.56 Å². The Morgan fingerprint density at radius 2 is 1.85 bits per heavy atom. The third-order valence-corrected chi connectivity index (χ3v) is 5.43. The van der Waals surface area contributed by atoms with E-state index in [-0.39, 0.29) is 28.8 Å². The molecule has 6 nitrogen and oxygen atoms in total. The lowest BCUT2D eigenvalue weighted by atomic mass is 10.2. The van der Waals surface area contributed by atoms with Gasteiger partial charge in [-0.1, -0.05) is 13.0 Å². The lowest BCUT2D eigenvalue weighted by Gasteiger charge is -2.11. The summed E-state index contributed by atoms with van der Waals surface area (Å²) in [5.41, 5.74) is 0.745. The maximum Gasteiger partial charge on any atom is 0.241 e. The fraction of sp³-hybridized carbons (Fsp3) is 0.500. The average molecular weight is 321 g/mol. The highest BCUT2D eigenvalue weighted by atomic mass is 32.2. The molecule has 20 heavy (non-hydrogen) atoms. The number of ether oxygens (including phenoxy) is 1. The van der Waals surface area contributed by atoms with Crippen LogP contribution in [0.4, 0.5) is 0 Å². The summed E-state index contributed by atoms with van der Waals surface area (Å²) in [5, 5.41) is 5.12. The second kappa shape index (κ2) is 6.55. The van der Waals surface area contributed by atoms with Crippen LogP contribution < -0.4 is 9.88 Å². The number of sulfonamides is 1. The van der Waals surface area contributed by atoms with E-state index in [1.165, 1.54) is 12.1 Å². The van der Waals surface area contributed by atoms with Crippen molar-refractivity contribution >= 4 is 19.9 Å². The Balaban J connectivity index is 2.75. The van der Waals surface area contributed by atoms with E-state index >= 15 is 0 Å². The van der Waals surface area contributed by atoms with Gasteiger partial charge in [-0.2, -0.15) is 0 Å². The van der Waals surface area contributed by atoms with Gasteiger partial charge in [0.25, 0.3) is 0 Å². The van der Waals surface area contributed by atoms with E-state index in [1.807, 2.05) is 0 Å². The molecular weight excluding hydrogens is 302 g/mol. The zero-order valence-electron chi connectivity index (χ0n) is 11.5. The van der Waals surface area contributed by atoms with Crippen molar-refractivity contribution in [2.75, 3.05) is 18.1 Å². The van der Waals surface area contributed by atoms with Crippen molar-refractivity contribution in [3.05, 3.63) is 23.8 Å². The second-order valence-corrected chi connectivity index (χ2v) is 8.44. The normalized spacial score (nSPS) is 12.3. The quantitative estimate of drug-likeness (QED) is 0.750. The molecule has 8 heteroatoms. The van der Waals surface area contributed by atoms with Gasteiger partial charge in [-0.05, 0) is 31.0 Å². The summed E-state index contributed by atoms with van der Waals surface area (Å²) < 4.78 is 50.8. The van der Waals surface area contributed by atoms with Gasteiger partial charge in [0.2, 0.25) is 10.0 Å². The van der Waals surface area contributed by atoms with Crippen LogP contribution in [0.5, 0.6) is 5.75 Å². The molecule has 0 saturated carbocycles. The molecule has 0 saturated heterocycles. The lowest BCUT2D eigenvalue weighted by Crippen LogP contribution is -2.16. The molecule has 0 aliphatic carbocycles. The van der Waals surface area contributed by atoms with E-state index in [9.17, 15) is 16.8 Å². The van der Waals surface area contributed by atoms with Gasteiger partial charge in [0.1, 0.15) is 20.5 Å². The topological polar surface area (TPSA) is 104 Å². The van der Waals surface area contributed by atoms with Gasteiger partial charge in [0.15, 0.2) is 0 Å². The number of benzene rings is 1. The number of aryl methyl sites for hydroxylation is 1. The number of primary sulfonamides is 1. The summed E-state index contributed by atoms with van der Waals surface area (Å²) in [6, 6.07) is 4.64. The summed E-state index contributed by atoms with van der Waals surface area (Å²) >= 11 is 0. The molecular formula is C12H19NO5S2. The molecule has 0 bridgehead atoms. The van der Waals surface area contributed by atoms with E-state index in [1.54, 1.807) is 19.9 Å². The predicted molar refractivity (Wildman–Crippen MR) is 77.0 cm³/mol. The largest absolute Gasteiger partial charge is 0.492 e. The van der Waals surface area contributed by atoms with Gasteiger partial charge in [-0.3, -0.25) is 0 Å². The Hall–Kier alpha value is -1.12. The molecule has 2 N–H and O–H groups in total. The SMILES string of the molecule is CCS(=O)(=O)CCCOc1ccc(C)cc1S(N)(=O)=O. The Morgan fingerprint density at radius 1 is 1.20 bits per heavy atom. The standard InChI is InChI=1S/C12H19NO5S2/c1-3-19(14,15)8-4-7-18-11-6-5-10(2)9-12(11)20(13,16)17/h5-6,9H,3-4,7-8H2,1-2H3,(H2,13,16,17). The average Bonchev–Trinajstić information content (AvgIpc) is 2.35. The first-order valence-corrected chi connectivity index (χ1v) is 9.49. The van der Waals surface area contributed by atoms with Crippen molar-refractivity contribution < 1.29 is 21.6 Å². The van der Waals surface area contributed by atoms with Gasteiger partial charge in [-0.25, -0.2) is 22.0 Å². The Morgan fingerprint density at radius 3 is 2.40 bits per heavy atom. The monoisotopic (exact) mass is 321 g/mol. The molecule has 0 unspecified atom stereocenters. The molecule has 0 aromatic heterocycles. The van der Waals surface area contributed by atoms with Crippen LogP contribution in [0.2, 0.25) is 0 Å². The number of rotatable bonds is 7. The lowest BCUT2D eigenvalue weighted by molar-refractivity contribution is 0.309. The van der Waals surface area contributed by atoms with Crippen LogP contribution in [0.15, 0.2) is 23.1 Å². The van der Waals surface area contributed by atoms with Crippen LogP contribution in [-0.4, -0.2) is 34.9 Å². The van der Waals surface area contributed by atoms with Crippen molar-refractivity contribution in [3.63, 3.8) is 0 Å². The fourth-order valence-corrected chi connectivity index (χ4v) is 3.17. The molecule has 1 aromatic rings. The summed E-state index contributed by atoms with van der Waals surface area (Å²) in [5.74, 6) is 0.243. The Labute approximate surface area is 119 Å². The minimum atomic E-state index is -3.87. The van der Waals surface area contributed by atoms with Crippen LogP contribution in [0.3, 0.4) is 0 Å². The van der Waals surface area contributed by atoms with Crippen LogP contribution in [-0.2, 0) is 19.9 Å². The van der Waals surface area contributed by atoms with Crippen LogP contribution in [0.25, 0.3) is 0 Å². The number of sulfone groups is 1. The zero-order chi connectivity index (χ0) is 15.4. The van der Waals surface area contributed by atoms with E-state index in [0.29, 0.717) is 6.42 Å². The summed E-state index contributed by atoms with van der Waals surface area (Å²) in [7, 11) is -6.91. The summed E-state index contributed by atoms with van der Waals surface area (Å²) in [6.45, 7) is 3.44. The molecule has 0 heterocycles. The third kappa shape index (κ3) is 5.10. The van der Waals surface area contributed by atoms with Crippen molar-refractivity contribution in [3.8, 4) is 5.75 Å². The third-order valence-electron chi connectivity index (χ3n) is 2.70. The molecule has 1 rings (SSSR count). The van der Waals surface area contributed by atoms with Gasteiger partial charge < -0.3 is 4.74 Å². The second-order valence-electron chi connectivity index (χ2n) is 4.43. The Bertz CT molecular complexity index is 665. The first-order chi connectivity index (χ1) is 9.15. The molecule has 0 spiro atoms. The maximum atomic E-state index is 11.4. The maximum absolute atomic E-state index is 11.4. The number of hydrogen-bond acceptors (Lipinski definition) is 5. The van der Waals surface area contributed by atoms with Gasteiger partial charge in [0, 0.05) is 5.75 Å². The molecule has 0 amide bonds. The summed E-state index contributed by atoms with van der Waals surface area (Å²) in [6.07, 6.45) is 0.300. The van der Waals surface area contributed by atoms with Crippen LogP contribution >= 0.6 is 0 Å². The molecule has 1 aromatic carbocycles. The number of hydrogen-bond donors (Lipinski definition) is 1. The Kier molecular flexibility index (Phi) is 5.55. The minimum Gasteiger partial charge on any atom is -0.492 e. The van der Waals surface area contributed by atoms with E-state index < -0.39 is 19.9 Å². The van der Waals surface area contributed by atoms with Crippen molar-refractivity contribution in [2.24, 2.45) is 5.14 Å². The smallest absolute Gasteiger partial charge is 0.241 e. The predicted octanol–water partition coefficient (Wildman–Crippen LogP) is 0.846. The molecule has 0 radical (unpaired) electrons. The first-order valence-electron chi connectivity index (χ1n) is 6.12. The molecule has 0 aliphatic rings. The molecule has 114 valence electrons. The molecule has 0 fully saturated rings. The van der Waals surface area contributed by atoms with Gasteiger partial charge in [0.05, 0.1) is 12.4 Å². The number of nitrogens with two attached hydrogens (primary N) is 1. The molecule has 0 atom stereocenters. The zero-order valence-corrected chi connectivity index (χ0v) is 13.1. The van der Waals surface area contributed by atoms with E-state index in [4.69, 9.17) is 9.88 Å². The van der Waals surface area contributed by atoms with Crippen LogP contribution in [0.1, 0.15) is 18.9 Å². The highest BCUT2D eigenvalue weighted by Crippen LogP contribution is 2.24. The fourth-order valence-electron chi connectivity index (χ4n) is 1.56. The highest BCUT2D eigenvalue weighted by Gasteiger charge is 2.15. The van der Waals surface area contributed by atoms with Crippen molar-refractivity contribution in [1.82, 2.24) is 0 Å². The van der Waals surface area contributed by atoms with Crippen LogP contribution in [0, 0.1) is 6.92 Å². The van der Waals surface area contributed by atoms with Crippen molar-refractivity contribution in [1.29, 1.82) is 0 Å². The van der Waals surface area contributed by atoms with E-state index in [2.05, 4.69) is 0 Å². The highest BCUT2D eigenvalue weighted by molar-refractivity contribution is 7.91. The van der Waals surface area contributed by atoms with Gasteiger partial charge in [-0.15, -0.1) is 0 Å². The molecule has 0 aliphatic heterocycles. The van der Waals surface area contributed by atoms with Crippen molar-refractivity contribution in [2.45, 2.75) is 25.2 Å². The minimum absolute atomic E-state index is 0.0140. The first kappa shape index (κ1) is 16.9.